The first-order valence-electron chi connectivity index (χ1n) is 43.9. The fourth-order valence-corrected chi connectivity index (χ4v) is 17.0. The summed E-state index contributed by atoms with van der Waals surface area (Å²) in [4.78, 5) is 258. The molecule has 9 rings (SSSR count). The number of para-hydroxylation sites is 1. The lowest BCUT2D eigenvalue weighted by molar-refractivity contribution is -0.153. The molecule has 0 unspecified atom stereocenters. The number of fused-ring (bicyclic) bond motifs is 3. The van der Waals surface area contributed by atoms with Crippen molar-refractivity contribution in [3.05, 3.63) is 173 Å². The molecule has 0 aliphatic carbocycles. The topological polar surface area (TPSA) is 562 Å². The molecule has 728 valence electrons. The number of hydrogen-bond donors (Lipinski definition) is 15. The van der Waals surface area contributed by atoms with Gasteiger partial charge in [0.25, 0.3) is 0 Å². The first-order chi connectivity index (χ1) is 64.1. The van der Waals surface area contributed by atoms with Crippen molar-refractivity contribution >= 4 is 123 Å². The summed E-state index contributed by atoms with van der Waals surface area (Å²) in [7, 11) is 4.77. The average molecular weight is 1900 g/mol. The van der Waals surface area contributed by atoms with Crippen LogP contribution in [-0.4, -0.2) is 309 Å². The standard InChI is InChI=1S/C92H116F3N17O22S/c1-49(2)33-63-81(121)106-68(80(120)99-44-75(97)116)47-135-48-76(117)100-67(37-54-34-59(93)78(95)60(94)35-54)88(128)110(7)72(39-52-19-13-10-14-20-52)90(130)108(5)69(29-31-133-8)91(131)112-45-57(114)41-71(112)86(126)105-66(42-77(118)119)84(124)107-79(50(3)4)92(132)109(6)70(38-51-17-11-9-12-18-51)85(125)101-62(27-28-74(96)115)89(129)111-30-32-134-46-73(111)87(127)104-65(40-55-43-98-61-22-16-15-21-58(55)61)83(123)103-64(82(122)102-63)36-53-23-25-56(113)26-24-53/h9-26,34-35,43,49-50,57,62-73,79,98,113-114H,27-33,36-42,44-48H2,1-8H3,(H2,96,115)(H2,97,116)(H,99,120)(H,100,117)(H,101,125)(H,102,122)(H,103,123)(H,104,127)(H,105,126)(H,106,121)(H,107,124)(H,118,119)/t57-,62-,63-,64-,65-,66-,67-,68-,69-,70-,71+,72-,73+,79-/m0/s1. The molecular formula is C92H116F3N17O22S. The smallest absolute Gasteiger partial charge is 0.305 e. The van der Waals surface area contributed by atoms with Crippen LogP contribution in [0, 0.1) is 29.3 Å². The third-order valence-corrected chi connectivity index (χ3v) is 24.4. The number of phenols is 1. The molecule has 43 heteroatoms. The Morgan fingerprint density at radius 2 is 1.10 bits per heavy atom. The van der Waals surface area contributed by atoms with Crippen LogP contribution in [0.15, 0.2) is 128 Å². The molecule has 4 heterocycles. The number of aliphatic carboxylic acids is 1. The maximum absolute atomic E-state index is 15.7. The Hall–Kier alpha value is -13.6. The lowest BCUT2D eigenvalue weighted by Gasteiger charge is -2.38. The number of aromatic amines is 1. The van der Waals surface area contributed by atoms with Gasteiger partial charge < -0.3 is 114 Å². The van der Waals surface area contributed by atoms with E-state index in [9.17, 15) is 53.3 Å². The van der Waals surface area contributed by atoms with Gasteiger partial charge in [0.05, 0.1) is 38.0 Å². The molecule has 0 radical (unpaired) electrons. The molecule has 0 spiro atoms. The number of primary amides is 2. The van der Waals surface area contributed by atoms with Gasteiger partial charge in [-0.3, -0.25) is 81.5 Å². The summed E-state index contributed by atoms with van der Waals surface area (Å²) in [6.45, 7) is 3.56. The van der Waals surface area contributed by atoms with Crippen molar-refractivity contribution in [2.45, 2.75) is 183 Å². The number of nitrogens with zero attached hydrogens (tertiary/aromatic N) is 5. The van der Waals surface area contributed by atoms with Crippen molar-refractivity contribution in [2.75, 3.05) is 79.2 Å². The number of morpholine rings is 1. The van der Waals surface area contributed by atoms with Gasteiger partial charge in [-0.05, 0) is 82.8 Å². The summed E-state index contributed by atoms with van der Waals surface area (Å²) < 4.78 is 56.3. The molecule has 135 heavy (non-hydrogen) atoms. The first kappa shape index (κ1) is 105. The van der Waals surface area contributed by atoms with Crippen molar-refractivity contribution in [2.24, 2.45) is 23.3 Å². The van der Waals surface area contributed by atoms with Crippen LogP contribution in [-0.2, 0) is 123 Å². The van der Waals surface area contributed by atoms with E-state index in [0.717, 1.165) is 31.5 Å². The molecule has 6 aromatic rings. The largest absolute Gasteiger partial charge is 0.508 e. The number of nitrogens with one attached hydrogen (secondary N) is 10. The second kappa shape index (κ2) is 49.4. The number of likely N-dealkylation sites (N-methyl/N-ethyl adjacent to an activating group) is 3. The minimum Gasteiger partial charge on any atom is -0.508 e. The molecule has 3 fully saturated rings. The lowest BCUT2D eigenvalue weighted by atomic mass is 9.98. The minimum absolute atomic E-state index is 0.187. The zero-order valence-corrected chi connectivity index (χ0v) is 76.6. The van der Waals surface area contributed by atoms with Crippen molar-refractivity contribution in [3.63, 3.8) is 0 Å². The van der Waals surface area contributed by atoms with Crippen LogP contribution in [0.25, 0.3) is 10.9 Å². The average Bonchev–Trinajstić information content (AvgIpc) is 1.73. The maximum atomic E-state index is 15.7. The number of carbonyl (C=O) groups is 17. The van der Waals surface area contributed by atoms with Crippen LogP contribution >= 0.6 is 11.8 Å². The third kappa shape index (κ3) is 29.5. The van der Waals surface area contributed by atoms with Gasteiger partial charge in [0.2, 0.25) is 94.5 Å². The number of carboxylic acids is 1. The first-order valence-corrected chi connectivity index (χ1v) is 45.0. The quantitative estimate of drug-likeness (QED) is 0.0329. The number of ether oxygens (including phenoxy) is 2. The lowest BCUT2D eigenvalue weighted by Crippen LogP contribution is -2.64. The van der Waals surface area contributed by atoms with Crippen LogP contribution in [0.1, 0.15) is 94.0 Å². The number of benzene rings is 5. The van der Waals surface area contributed by atoms with E-state index in [1.165, 1.54) is 59.3 Å². The van der Waals surface area contributed by atoms with E-state index in [2.05, 4.69) is 52.8 Å². The van der Waals surface area contributed by atoms with E-state index >= 15 is 56.7 Å². The van der Waals surface area contributed by atoms with Crippen LogP contribution in [0.4, 0.5) is 13.2 Å². The van der Waals surface area contributed by atoms with E-state index in [4.69, 9.17) is 20.9 Å². The number of hydrogen-bond acceptors (Lipinski definition) is 22. The fraction of sp³-hybridized carbons (Fsp3) is 0.467. The number of H-pyrrole nitrogens is 1. The SMILES string of the molecule is COCC[C@H]1C(=O)N2C[C@@H](O)C[C@@H]2C(=O)N[C@@H](CC(=O)O)C(=O)N[C@@H](C(C)C)C(=O)N(C)[C@@H](Cc2ccccc2)C(=O)N[C@@H](CCC(N)=O)C(=O)N2CCOC[C@@H]2C(=O)N[C@@H](Cc2c[nH]c3ccccc23)C(=O)N[C@@H](Cc2ccc(O)cc2)C(=O)N[C@@H](CC(C)C)C(=O)N[C@H](C(=O)NCC(N)=O)CSCC(=O)N[C@@H](Cc2cc(F)c(F)c(F)c2)C(=O)N(C)[C@@H](Cc2ccccc2)C(=O)N1C. The Morgan fingerprint density at radius 3 is 1.72 bits per heavy atom. The maximum Gasteiger partial charge on any atom is 0.305 e. The van der Waals surface area contributed by atoms with Crippen molar-refractivity contribution in [1.29, 1.82) is 0 Å². The highest BCUT2D eigenvalue weighted by atomic mass is 32.2. The van der Waals surface area contributed by atoms with E-state index in [1.807, 2.05) is 0 Å². The van der Waals surface area contributed by atoms with E-state index in [0.29, 0.717) is 57.1 Å². The number of methoxy groups -OCH3 is 1. The Kier molecular flexibility index (Phi) is 38.5. The molecular weight excluding hydrogens is 1780 g/mol. The Balaban J connectivity index is 1.15. The van der Waals surface area contributed by atoms with Gasteiger partial charge >= 0.3 is 5.97 Å². The fourth-order valence-electron chi connectivity index (χ4n) is 16.1. The van der Waals surface area contributed by atoms with E-state index < -0.39 is 283 Å². The van der Waals surface area contributed by atoms with Crippen molar-refractivity contribution < 1.29 is 119 Å². The highest BCUT2D eigenvalue weighted by Crippen LogP contribution is 2.28. The Labute approximate surface area is 780 Å². The molecule has 1 aromatic heterocycles. The molecule has 3 aliphatic rings. The number of amides is 16. The monoisotopic (exact) mass is 1900 g/mol. The predicted molar refractivity (Wildman–Crippen MR) is 483 cm³/mol. The number of aliphatic hydroxyl groups excluding tert-OH is 1. The van der Waals surface area contributed by atoms with Gasteiger partial charge in [0, 0.05) is 122 Å². The normalized spacial score (nSPS) is 24.0. The number of halogens is 3. The minimum atomic E-state index is -2.08. The number of phenolic OH excluding ortho intramolecular Hbond substituents is 1. The van der Waals surface area contributed by atoms with Gasteiger partial charge in [-0.25, -0.2) is 13.2 Å². The second-order valence-corrected chi connectivity index (χ2v) is 35.3. The van der Waals surface area contributed by atoms with Gasteiger partial charge in [0.1, 0.15) is 84.3 Å². The number of rotatable bonds is 24. The molecule has 3 aliphatic heterocycles. The van der Waals surface area contributed by atoms with Gasteiger partial charge in [-0.2, -0.15) is 0 Å². The van der Waals surface area contributed by atoms with Gasteiger partial charge in [0.15, 0.2) is 17.5 Å². The van der Waals surface area contributed by atoms with E-state index in [-0.39, 0.29) is 64.0 Å². The van der Waals surface area contributed by atoms with Crippen LogP contribution in [0.3, 0.4) is 0 Å². The molecule has 5 aromatic carbocycles. The number of aromatic hydroxyl groups is 1. The zero-order chi connectivity index (χ0) is 98.8. The Morgan fingerprint density at radius 1 is 0.556 bits per heavy atom. The highest BCUT2D eigenvalue weighted by Gasteiger charge is 2.48. The van der Waals surface area contributed by atoms with Crippen molar-refractivity contribution in [3.8, 4) is 5.75 Å². The summed E-state index contributed by atoms with van der Waals surface area (Å²) in [6.07, 6.45) is -5.46. The number of carbonyl (C=O) groups excluding carboxylic acids is 16. The van der Waals surface area contributed by atoms with E-state index in [1.54, 1.807) is 105 Å². The molecule has 0 bridgehead atoms. The third-order valence-electron chi connectivity index (χ3n) is 23.4. The summed E-state index contributed by atoms with van der Waals surface area (Å²) in [5.74, 6) is -26.7. The van der Waals surface area contributed by atoms with Crippen molar-refractivity contribution in [1.82, 2.24) is 77.3 Å². The number of nitrogens with two attached hydrogens (primary N) is 2. The summed E-state index contributed by atoms with van der Waals surface area (Å²) in [5.41, 5.74) is 13.0. The summed E-state index contributed by atoms with van der Waals surface area (Å²) >= 11 is 0.640. The van der Waals surface area contributed by atoms with Crippen LogP contribution in [0.5, 0.6) is 5.75 Å². The van der Waals surface area contributed by atoms with Gasteiger partial charge in [-0.15, -0.1) is 11.8 Å². The molecule has 17 N–H and O–H groups in total. The highest BCUT2D eigenvalue weighted by molar-refractivity contribution is 8.00. The van der Waals surface area contributed by atoms with Crippen LogP contribution < -0.4 is 59.3 Å². The van der Waals surface area contributed by atoms with Crippen LogP contribution in [0.2, 0.25) is 0 Å². The summed E-state index contributed by atoms with van der Waals surface area (Å²) in [6, 6.07) is 7.13. The predicted octanol–water partition coefficient (Wildman–Crippen LogP) is -0.820. The van der Waals surface area contributed by atoms with Gasteiger partial charge in [-0.1, -0.05) is 119 Å². The number of aromatic nitrogens is 1. The molecule has 14 atom stereocenters. The molecule has 16 amide bonds. The Bertz CT molecular complexity index is 5250. The zero-order valence-electron chi connectivity index (χ0n) is 75.8. The molecule has 3 saturated heterocycles. The summed E-state index contributed by atoms with van der Waals surface area (Å²) in [5, 5.41) is 55.8. The number of aliphatic hydroxyl groups is 1. The second-order valence-electron chi connectivity index (χ2n) is 34.2. The molecule has 39 nitrogen and oxygen atoms in total. The molecule has 0 saturated carbocycles. The number of carboxylic acid groups (broad SMARTS) is 1. The number of thioether (sulfide) groups is 1.